The van der Waals surface area contributed by atoms with Gasteiger partial charge >= 0.3 is 0 Å². The second kappa shape index (κ2) is 8.97. The van der Waals surface area contributed by atoms with Crippen LogP contribution < -0.4 is 10.1 Å². The second-order valence-corrected chi connectivity index (χ2v) is 5.34. The number of carbonyl (C=O) groups is 1. The van der Waals surface area contributed by atoms with E-state index in [1.54, 1.807) is 0 Å². The molecule has 19 heavy (non-hydrogen) atoms. The molecule has 0 spiro atoms. The highest BCUT2D eigenvalue weighted by atomic mass is 79.9. The maximum atomic E-state index is 11.8. The number of ether oxygens (including phenoxy) is 1. The highest BCUT2D eigenvalue weighted by Gasteiger charge is 2.08. The number of carbonyl (C=O) groups excluding carboxylic acids is 1. The number of hydrogen-bond donors (Lipinski definition) is 1. The van der Waals surface area contributed by atoms with Crippen LogP contribution in [0.2, 0.25) is 0 Å². The van der Waals surface area contributed by atoms with E-state index in [0.717, 1.165) is 41.6 Å². The number of alkyl halides is 1. The van der Waals surface area contributed by atoms with E-state index >= 15 is 0 Å². The first-order chi connectivity index (χ1) is 9.17. The van der Waals surface area contributed by atoms with Crippen molar-refractivity contribution in [2.24, 2.45) is 0 Å². The monoisotopic (exact) mass is 327 g/mol. The first-order valence-electron chi connectivity index (χ1n) is 6.76. The van der Waals surface area contributed by atoms with Crippen molar-refractivity contribution in [3.63, 3.8) is 0 Å². The maximum absolute atomic E-state index is 11.8. The minimum absolute atomic E-state index is 0.0474. The average molecular weight is 328 g/mol. The standard InChI is InChI=1S/C15H22BrNO2/c1-3-10-19-14-11-12(2)7-8-13(14)17-15(18)6-4-5-9-16/h7-8,11H,3-6,9-10H2,1-2H3,(H,17,18). The normalized spacial score (nSPS) is 10.3. The molecule has 0 heterocycles. The number of anilines is 1. The van der Waals surface area contributed by atoms with Gasteiger partial charge in [-0.1, -0.05) is 28.9 Å². The van der Waals surface area contributed by atoms with Gasteiger partial charge in [0.05, 0.1) is 12.3 Å². The molecule has 1 amide bonds. The zero-order valence-corrected chi connectivity index (χ0v) is 13.3. The van der Waals surface area contributed by atoms with Crippen LogP contribution in [0.5, 0.6) is 5.75 Å². The van der Waals surface area contributed by atoms with Crippen molar-refractivity contribution < 1.29 is 9.53 Å². The van der Waals surface area contributed by atoms with Crippen LogP contribution in [0.25, 0.3) is 0 Å². The summed E-state index contributed by atoms with van der Waals surface area (Å²) in [6, 6.07) is 5.85. The fraction of sp³-hybridized carbons (Fsp3) is 0.533. The van der Waals surface area contributed by atoms with Crippen molar-refractivity contribution in [3.8, 4) is 5.75 Å². The van der Waals surface area contributed by atoms with E-state index in [1.165, 1.54) is 0 Å². The summed E-state index contributed by atoms with van der Waals surface area (Å²) in [4.78, 5) is 11.8. The second-order valence-electron chi connectivity index (χ2n) is 4.54. The Morgan fingerprint density at radius 1 is 1.37 bits per heavy atom. The Balaban J connectivity index is 2.62. The summed E-state index contributed by atoms with van der Waals surface area (Å²) in [5, 5.41) is 3.87. The van der Waals surface area contributed by atoms with Gasteiger partial charge in [-0.05, 0) is 43.9 Å². The summed E-state index contributed by atoms with van der Waals surface area (Å²) in [6.45, 7) is 4.74. The molecule has 3 nitrogen and oxygen atoms in total. The molecular weight excluding hydrogens is 306 g/mol. The lowest BCUT2D eigenvalue weighted by Crippen LogP contribution is -2.12. The first-order valence-corrected chi connectivity index (χ1v) is 7.88. The number of halogens is 1. The molecule has 106 valence electrons. The molecule has 0 fully saturated rings. The molecule has 0 aliphatic heterocycles. The fourth-order valence-electron chi connectivity index (χ4n) is 1.66. The quantitative estimate of drug-likeness (QED) is 0.571. The number of hydrogen-bond acceptors (Lipinski definition) is 2. The van der Waals surface area contributed by atoms with Crippen LogP contribution in [0.1, 0.15) is 38.2 Å². The molecule has 1 aromatic rings. The minimum atomic E-state index is 0.0474. The van der Waals surface area contributed by atoms with Crippen LogP contribution >= 0.6 is 15.9 Å². The lowest BCUT2D eigenvalue weighted by atomic mass is 10.2. The van der Waals surface area contributed by atoms with Crippen LogP contribution in [0.4, 0.5) is 5.69 Å². The SMILES string of the molecule is CCCOc1cc(C)ccc1NC(=O)CCCCBr. The summed E-state index contributed by atoms with van der Waals surface area (Å²) >= 11 is 3.36. The molecule has 0 aliphatic rings. The molecule has 0 bridgehead atoms. The molecule has 4 heteroatoms. The molecule has 0 aromatic heterocycles. The lowest BCUT2D eigenvalue weighted by molar-refractivity contribution is -0.116. The molecule has 0 atom stereocenters. The van der Waals surface area contributed by atoms with Crippen molar-refractivity contribution >= 4 is 27.5 Å². The van der Waals surface area contributed by atoms with Gasteiger partial charge in [0.25, 0.3) is 0 Å². The van der Waals surface area contributed by atoms with Crippen molar-refractivity contribution in [2.75, 3.05) is 17.3 Å². The van der Waals surface area contributed by atoms with Gasteiger partial charge in [-0.25, -0.2) is 0 Å². The summed E-state index contributed by atoms with van der Waals surface area (Å²) in [6.07, 6.45) is 3.41. The largest absolute Gasteiger partial charge is 0.491 e. The Bertz CT molecular complexity index is 407. The van der Waals surface area contributed by atoms with Gasteiger partial charge in [-0.15, -0.1) is 0 Å². The third-order valence-corrected chi connectivity index (χ3v) is 3.22. The molecule has 0 radical (unpaired) electrons. The van der Waals surface area contributed by atoms with Gasteiger partial charge in [0, 0.05) is 11.8 Å². The Kier molecular flexibility index (Phi) is 7.56. The van der Waals surface area contributed by atoms with Crippen LogP contribution in [-0.2, 0) is 4.79 Å². The molecule has 1 N–H and O–H groups in total. The van der Waals surface area contributed by atoms with Crippen LogP contribution in [-0.4, -0.2) is 17.8 Å². The number of rotatable bonds is 8. The Morgan fingerprint density at radius 2 is 2.16 bits per heavy atom. The average Bonchev–Trinajstić information content (AvgIpc) is 2.39. The zero-order valence-electron chi connectivity index (χ0n) is 11.7. The first kappa shape index (κ1) is 16.0. The molecule has 0 saturated carbocycles. The number of amides is 1. The number of unbranched alkanes of at least 4 members (excludes halogenated alkanes) is 1. The van der Waals surface area contributed by atoms with E-state index < -0.39 is 0 Å². The highest BCUT2D eigenvalue weighted by molar-refractivity contribution is 9.09. The zero-order chi connectivity index (χ0) is 14.1. The predicted octanol–water partition coefficient (Wildman–Crippen LogP) is 4.29. The van der Waals surface area contributed by atoms with Crippen LogP contribution in [0.15, 0.2) is 18.2 Å². The molecule has 0 aliphatic carbocycles. The van der Waals surface area contributed by atoms with E-state index in [-0.39, 0.29) is 5.91 Å². The molecule has 0 unspecified atom stereocenters. The Morgan fingerprint density at radius 3 is 2.84 bits per heavy atom. The van der Waals surface area contributed by atoms with E-state index in [1.807, 2.05) is 25.1 Å². The minimum Gasteiger partial charge on any atom is -0.491 e. The number of nitrogens with one attached hydrogen (secondary N) is 1. The molecule has 0 saturated heterocycles. The topological polar surface area (TPSA) is 38.3 Å². The maximum Gasteiger partial charge on any atom is 0.224 e. The fourth-order valence-corrected chi connectivity index (χ4v) is 2.05. The third kappa shape index (κ3) is 6.10. The van der Waals surface area contributed by atoms with Gasteiger partial charge in [0.15, 0.2) is 0 Å². The van der Waals surface area contributed by atoms with E-state index in [9.17, 15) is 4.79 Å². The number of benzene rings is 1. The Hall–Kier alpha value is -1.03. The van der Waals surface area contributed by atoms with E-state index in [4.69, 9.17) is 4.74 Å². The van der Waals surface area contributed by atoms with Crippen molar-refractivity contribution in [3.05, 3.63) is 23.8 Å². The van der Waals surface area contributed by atoms with Gasteiger partial charge in [-0.2, -0.15) is 0 Å². The summed E-state index contributed by atoms with van der Waals surface area (Å²) in [5.41, 5.74) is 1.89. The predicted molar refractivity (Wildman–Crippen MR) is 83.2 cm³/mol. The summed E-state index contributed by atoms with van der Waals surface area (Å²) in [5.74, 6) is 0.807. The van der Waals surface area contributed by atoms with Gasteiger partial charge in [0.2, 0.25) is 5.91 Å². The van der Waals surface area contributed by atoms with Gasteiger partial charge < -0.3 is 10.1 Å². The third-order valence-electron chi connectivity index (χ3n) is 2.66. The van der Waals surface area contributed by atoms with E-state index in [0.29, 0.717) is 13.0 Å². The number of aryl methyl sites for hydroxylation is 1. The summed E-state index contributed by atoms with van der Waals surface area (Å²) in [7, 11) is 0. The molecule has 1 aromatic carbocycles. The molecule has 1 rings (SSSR count). The van der Waals surface area contributed by atoms with Crippen molar-refractivity contribution in [1.82, 2.24) is 0 Å². The van der Waals surface area contributed by atoms with Crippen LogP contribution in [0, 0.1) is 6.92 Å². The summed E-state index contributed by atoms with van der Waals surface area (Å²) < 4.78 is 5.67. The van der Waals surface area contributed by atoms with Crippen molar-refractivity contribution in [2.45, 2.75) is 39.5 Å². The van der Waals surface area contributed by atoms with Crippen LogP contribution in [0.3, 0.4) is 0 Å². The Labute approximate surface area is 123 Å². The van der Waals surface area contributed by atoms with Gasteiger partial charge in [-0.3, -0.25) is 4.79 Å². The van der Waals surface area contributed by atoms with E-state index in [2.05, 4.69) is 28.2 Å². The lowest BCUT2D eigenvalue weighted by Gasteiger charge is -2.13. The molecular formula is C15H22BrNO2. The van der Waals surface area contributed by atoms with Crippen molar-refractivity contribution in [1.29, 1.82) is 0 Å². The highest BCUT2D eigenvalue weighted by Crippen LogP contribution is 2.26. The smallest absolute Gasteiger partial charge is 0.224 e. The van der Waals surface area contributed by atoms with Gasteiger partial charge in [0.1, 0.15) is 5.75 Å².